The second-order valence-corrected chi connectivity index (χ2v) is 6.12. The van der Waals surface area contributed by atoms with E-state index in [1.54, 1.807) is 0 Å². The van der Waals surface area contributed by atoms with Crippen LogP contribution in [0.5, 0.6) is 0 Å². The summed E-state index contributed by atoms with van der Waals surface area (Å²) < 4.78 is 4.81. The lowest BCUT2D eigenvalue weighted by molar-refractivity contribution is -0.141. The summed E-state index contributed by atoms with van der Waals surface area (Å²) in [6.07, 6.45) is 8.46. The van der Waals surface area contributed by atoms with Crippen molar-refractivity contribution in [2.45, 2.75) is 70.0 Å². The van der Waals surface area contributed by atoms with Gasteiger partial charge in [-0.1, -0.05) is 19.3 Å². The summed E-state index contributed by atoms with van der Waals surface area (Å²) in [4.78, 5) is 14.1. The molecule has 2 aliphatic rings. The van der Waals surface area contributed by atoms with Gasteiger partial charge in [0.1, 0.15) is 0 Å². The highest BCUT2D eigenvalue weighted by Crippen LogP contribution is 2.24. The van der Waals surface area contributed by atoms with Gasteiger partial charge in [0, 0.05) is 24.7 Å². The largest absolute Gasteiger partial charge is 0.469 e. The fraction of sp³-hybridized carbons (Fsp3) is 0.933. The van der Waals surface area contributed by atoms with Gasteiger partial charge in [0.15, 0.2) is 0 Å². The van der Waals surface area contributed by atoms with E-state index in [2.05, 4.69) is 17.1 Å². The average Bonchev–Trinajstić information content (AvgIpc) is 2.61. The molecule has 2 rings (SSSR count). The molecular weight excluding hydrogens is 240 g/mol. The molecule has 1 saturated heterocycles. The maximum atomic E-state index is 11.5. The zero-order chi connectivity index (χ0) is 13.7. The van der Waals surface area contributed by atoms with Gasteiger partial charge in [-0.3, -0.25) is 9.69 Å². The molecule has 0 radical (unpaired) electrons. The third-order valence-corrected chi connectivity index (χ3v) is 4.56. The lowest BCUT2D eigenvalue weighted by Crippen LogP contribution is -2.45. The number of rotatable bonds is 3. The van der Waals surface area contributed by atoms with E-state index in [1.807, 2.05) is 0 Å². The minimum absolute atomic E-state index is 0.102. The Balaban J connectivity index is 1.93. The highest BCUT2D eigenvalue weighted by atomic mass is 16.5. The van der Waals surface area contributed by atoms with Crippen LogP contribution >= 0.6 is 0 Å². The van der Waals surface area contributed by atoms with Crippen LogP contribution in [0.1, 0.15) is 51.9 Å². The molecule has 1 N–H and O–H groups in total. The molecule has 0 aromatic rings. The lowest BCUT2D eigenvalue weighted by atomic mass is 9.93. The number of methoxy groups -OCH3 is 1. The smallest absolute Gasteiger partial charge is 0.307 e. The lowest BCUT2D eigenvalue weighted by Gasteiger charge is -2.34. The average molecular weight is 268 g/mol. The third-order valence-electron chi connectivity index (χ3n) is 4.56. The van der Waals surface area contributed by atoms with Crippen molar-refractivity contribution in [3.63, 3.8) is 0 Å². The third kappa shape index (κ3) is 4.46. The Kier molecular flexibility index (Phi) is 5.64. The van der Waals surface area contributed by atoms with Crippen LogP contribution in [-0.2, 0) is 9.53 Å². The molecular formula is C15H28N2O2. The van der Waals surface area contributed by atoms with E-state index in [9.17, 15) is 4.79 Å². The number of hydrogen-bond donors (Lipinski definition) is 1. The van der Waals surface area contributed by atoms with Gasteiger partial charge in [-0.15, -0.1) is 0 Å². The molecule has 4 nitrogen and oxygen atoms in total. The van der Waals surface area contributed by atoms with E-state index >= 15 is 0 Å². The molecule has 4 heteroatoms. The Hall–Kier alpha value is -0.610. The number of carbonyl (C=O) groups excluding carboxylic acids is 1. The summed E-state index contributed by atoms with van der Waals surface area (Å²) in [6, 6.07) is 1.47. The molecule has 1 heterocycles. The number of nitrogens with one attached hydrogen (secondary N) is 1. The van der Waals surface area contributed by atoms with Gasteiger partial charge in [0.05, 0.1) is 13.5 Å². The van der Waals surface area contributed by atoms with Crippen LogP contribution in [0.4, 0.5) is 0 Å². The number of hydrogen-bond acceptors (Lipinski definition) is 4. The Bertz CT molecular complexity index is 290. The Morgan fingerprint density at radius 3 is 2.68 bits per heavy atom. The van der Waals surface area contributed by atoms with Crippen molar-refractivity contribution in [2.75, 3.05) is 20.2 Å². The molecule has 19 heavy (non-hydrogen) atoms. The van der Waals surface area contributed by atoms with Gasteiger partial charge >= 0.3 is 5.97 Å². The second-order valence-electron chi connectivity index (χ2n) is 6.12. The minimum Gasteiger partial charge on any atom is -0.469 e. The summed E-state index contributed by atoms with van der Waals surface area (Å²) in [5.41, 5.74) is 0. The Morgan fingerprint density at radius 2 is 2.00 bits per heavy atom. The maximum absolute atomic E-state index is 11.5. The first-order chi connectivity index (χ1) is 9.19. The molecule has 2 unspecified atom stereocenters. The van der Waals surface area contributed by atoms with E-state index in [0.717, 1.165) is 19.1 Å². The van der Waals surface area contributed by atoms with Crippen LogP contribution in [0.15, 0.2) is 0 Å². The molecule has 1 aliphatic carbocycles. The molecule has 110 valence electrons. The van der Waals surface area contributed by atoms with Crippen molar-refractivity contribution in [3.05, 3.63) is 0 Å². The van der Waals surface area contributed by atoms with Gasteiger partial charge < -0.3 is 10.1 Å². The number of esters is 1. The predicted molar refractivity (Wildman–Crippen MR) is 76.1 cm³/mol. The van der Waals surface area contributed by atoms with E-state index in [0.29, 0.717) is 12.5 Å². The maximum Gasteiger partial charge on any atom is 0.307 e. The van der Waals surface area contributed by atoms with Crippen LogP contribution in [0.2, 0.25) is 0 Å². The summed E-state index contributed by atoms with van der Waals surface area (Å²) in [6.45, 7) is 4.37. The number of carbonyl (C=O) groups is 1. The Labute approximate surface area is 116 Å². The van der Waals surface area contributed by atoms with Crippen molar-refractivity contribution in [1.29, 1.82) is 0 Å². The molecule has 0 spiro atoms. The van der Waals surface area contributed by atoms with E-state index < -0.39 is 0 Å². The normalized spacial score (nSPS) is 30.8. The minimum atomic E-state index is -0.102. The molecule has 2 fully saturated rings. The van der Waals surface area contributed by atoms with Crippen LogP contribution in [0, 0.1) is 0 Å². The molecule has 0 aromatic heterocycles. The van der Waals surface area contributed by atoms with Crippen molar-refractivity contribution in [2.24, 2.45) is 0 Å². The van der Waals surface area contributed by atoms with E-state index in [4.69, 9.17) is 4.74 Å². The van der Waals surface area contributed by atoms with Gasteiger partial charge in [-0.2, -0.15) is 0 Å². The van der Waals surface area contributed by atoms with Gasteiger partial charge in [0.25, 0.3) is 0 Å². The fourth-order valence-electron chi connectivity index (χ4n) is 3.46. The number of ether oxygens (including phenoxy) is 1. The molecule has 1 saturated carbocycles. The van der Waals surface area contributed by atoms with Crippen molar-refractivity contribution in [1.82, 2.24) is 10.2 Å². The predicted octanol–water partition coefficient (Wildman–Crippen LogP) is 1.93. The highest BCUT2D eigenvalue weighted by molar-refractivity contribution is 5.69. The van der Waals surface area contributed by atoms with Gasteiger partial charge in [-0.05, 0) is 32.7 Å². The quantitative estimate of drug-likeness (QED) is 0.794. The topological polar surface area (TPSA) is 41.6 Å². The Morgan fingerprint density at radius 1 is 1.26 bits per heavy atom. The van der Waals surface area contributed by atoms with E-state index in [1.165, 1.54) is 45.6 Å². The monoisotopic (exact) mass is 268 g/mol. The van der Waals surface area contributed by atoms with Crippen molar-refractivity contribution in [3.8, 4) is 0 Å². The van der Waals surface area contributed by atoms with Gasteiger partial charge in [-0.25, -0.2) is 0 Å². The fourth-order valence-corrected chi connectivity index (χ4v) is 3.46. The summed E-state index contributed by atoms with van der Waals surface area (Å²) in [5.74, 6) is -0.102. The number of nitrogens with zero attached hydrogens (tertiary/aromatic N) is 1. The molecule has 1 aliphatic heterocycles. The molecule has 0 bridgehead atoms. The SMILES string of the molecule is COC(=O)CC1CN(C2CCCCC2)CCC(C)N1. The first-order valence-corrected chi connectivity index (χ1v) is 7.76. The highest BCUT2D eigenvalue weighted by Gasteiger charge is 2.28. The first-order valence-electron chi connectivity index (χ1n) is 7.76. The van der Waals surface area contributed by atoms with Crippen LogP contribution in [0.25, 0.3) is 0 Å². The molecule has 2 atom stereocenters. The summed E-state index contributed by atoms with van der Waals surface area (Å²) in [7, 11) is 1.47. The van der Waals surface area contributed by atoms with Crippen LogP contribution < -0.4 is 5.32 Å². The summed E-state index contributed by atoms with van der Waals surface area (Å²) in [5, 5.41) is 3.57. The molecule has 0 aromatic carbocycles. The first kappa shape index (κ1) is 14.8. The van der Waals surface area contributed by atoms with Crippen molar-refractivity contribution < 1.29 is 9.53 Å². The zero-order valence-electron chi connectivity index (χ0n) is 12.4. The second kappa shape index (κ2) is 7.25. The standard InChI is InChI=1S/C15H28N2O2/c1-12-8-9-17(14-6-4-3-5-7-14)11-13(16-12)10-15(18)19-2/h12-14,16H,3-11H2,1-2H3. The van der Waals surface area contributed by atoms with Crippen LogP contribution in [-0.4, -0.2) is 49.2 Å². The van der Waals surface area contributed by atoms with Crippen molar-refractivity contribution >= 4 is 5.97 Å². The van der Waals surface area contributed by atoms with Crippen LogP contribution in [0.3, 0.4) is 0 Å². The zero-order valence-corrected chi connectivity index (χ0v) is 12.4. The molecule has 0 amide bonds. The van der Waals surface area contributed by atoms with E-state index in [-0.39, 0.29) is 12.0 Å². The summed E-state index contributed by atoms with van der Waals surface area (Å²) >= 11 is 0. The van der Waals surface area contributed by atoms with Gasteiger partial charge in [0.2, 0.25) is 0 Å².